The zero-order valence-corrected chi connectivity index (χ0v) is 23.0. The average Bonchev–Trinajstić information content (AvgIpc) is 2.93. The van der Waals surface area contributed by atoms with Crippen LogP contribution in [0.4, 0.5) is 27.6 Å². The van der Waals surface area contributed by atoms with Crippen molar-refractivity contribution in [2.45, 2.75) is 46.6 Å². The van der Waals surface area contributed by atoms with E-state index in [-0.39, 0.29) is 11.8 Å². The first kappa shape index (κ1) is 31.9. The number of nitriles is 1. The molecule has 0 radical (unpaired) electrons. The predicted octanol–water partition coefficient (Wildman–Crippen LogP) is 8.50. The summed E-state index contributed by atoms with van der Waals surface area (Å²) < 4.78 is 68.7. The van der Waals surface area contributed by atoms with Crippen molar-refractivity contribution in [2.24, 2.45) is 0 Å². The average molecular weight is 568 g/mol. The molecule has 39 heavy (non-hydrogen) atoms. The topological polar surface area (TPSA) is 39.5 Å². The van der Waals surface area contributed by atoms with Crippen LogP contribution in [0, 0.1) is 23.0 Å². The lowest BCUT2D eigenvalue weighted by molar-refractivity contribution is -0.274. The molecule has 1 aliphatic heterocycles. The van der Waals surface area contributed by atoms with Crippen molar-refractivity contribution in [3.63, 3.8) is 0 Å². The molecule has 4 nitrogen and oxygen atoms in total. The third-order valence-corrected chi connectivity index (χ3v) is 5.98. The lowest BCUT2D eigenvalue weighted by Crippen LogP contribution is -2.48. The van der Waals surface area contributed by atoms with Gasteiger partial charge >= 0.3 is 6.36 Å². The highest BCUT2D eigenvalue weighted by atomic mass is 35.5. The van der Waals surface area contributed by atoms with Gasteiger partial charge in [0, 0.05) is 31.2 Å². The Morgan fingerprint density at radius 1 is 0.923 bits per heavy atom. The van der Waals surface area contributed by atoms with Gasteiger partial charge in [0.1, 0.15) is 11.8 Å². The number of nitrogens with zero attached hydrogens (tertiary/aromatic N) is 3. The van der Waals surface area contributed by atoms with Crippen LogP contribution in [0.15, 0.2) is 60.7 Å². The molecule has 1 atom stereocenters. The Labute approximate surface area is 231 Å². The summed E-state index contributed by atoms with van der Waals surface area (Å²) in [7, 11) is 0. The molecule has 1 fully saturated rings. The van der Waals surface area contributed by atoms with Crippen LogP contribution in [0.1, 0.15) is 50.4 Å². The lowest BCUT2D eigenvalue weighted by atomic mass is 9.99. The SMILES string of the molecule is CC.CC.N#Cc1cc(Cl)ccc1N1CCN(Cc2ccc(F)c(F)c2)CC1c1ccc(OC(F)(F)F)cc1. The lowest BCUT2D eigenvalue weighted by Gasteiger charge is -2.43. The van der Waals surface area contributed by atoms with E-state index in [1.165, 1.54) is 18.2 Å². The first-order chi connectivity index (χ1) is 18.6. The third-order valence-electron chi connectivity index (χ3n) is 5.74. The van der Waals surface area contributed by atoms with Gasteiger partial charge in [-0.2, -0.15) is 5.26 Å². The minimum atomic E-state index is -4.80. The van der Waals surface area contributed by atoms with E-state index in [9.17, 15) is 27.2 Å². The standard InChI is InChI=1S/C25H19ClF5N3O.2C2H6/c26-19-4-8-23(18(12-19)13-32)34-10-9-33(14-16-1-7-21(27)22(28)11-16)15-24(34)17-2-5-20(6-3-17)35-25(29,30)31;2*1-2/h1-8,11-12,24H,9-10,14-15H2;2*1-2H3. The summed E-state index contributed by atoms with van der Waals surface area (Å²) in [6.07, 6.45) is -4.80. The molecule has 3 aromatic rings. The van der Waals surface area contributed by atoms with E-state index in [4.69, 9.17) is 11.6 Å². The van der Waals surface area contributed by atoms with E-state index >= 15 is 0 Å². The first-order valence-electron chi connectivity index (χ1n) is 12.6. The van der Waals surface area contributed by atoms with Gasteiger partial charge in [-0.15, -0.1) is 13.2 Å². The third kappa shape index (κ3) is 8.84. The second kappa shape index (κ2) is 14.7. The fourth-order valence-electron chi connectivity index (χ4n) is 4.19. The highest BCUT2D eigenvalue weighted by molar-refractivity contribution is 6.30. The smallest absolute Gasteiger partial charge is 0.406 e. The Morgan fingerprint density at radius 2 is 1.59 bits per heavy atom. The monoisotopic (exact) mass is 567 g/mol. The van der Waals surface area contributed by atoms with Crippen LogP contribution in [0.3, 0.4) is 0 Å². The van der Waals surface area contributed by atoms with Gasteiger partial charge in [0.25, 0.3) is 0 Å². The van der Waals surface area contributed by atoms with Gasteiger partial charge in [0.15, 0.2) is 11.6 Å². The van der Waals surface area contributed by atoms with Gasteiger partial charge in [-0.1, -0.05) is 57.5 Å². The van der Waals surface area contributed by atoms with Gasteiger partial charge in [-0.25, -0.2) is 8.78 Å². The summed E-state index contributed by atoms with van der Waals surface area (Å²) in [6, 6.07) is 16.1. The second-order valence-electron chi connectivity index (χ2n) is 8.08. The minimum absolute atomic E-state index is 0.341. The molecule has 0 aromatic heterocycles. The number of benzene rings is 3. The molecule has 1 saturated heterocycles. The first-order valence-corrected chi connectivity index (χ1v) is 13.0. The number of ether oxygens (including phenoxy) is 1. The molecule has 0 saturated carbocycles. The van der Waals surface area contributed by atoms with Crippen molar-refractivity contribution in [1.29, 1.82) is 5.26 Å². The molecule has 1 aliphatic rings. The fraction of sp³-hybridized carbons (Fsp3) is 0.345. The van der Waals surface area contributed by atoms with Gasteiger partial charge in [-0.3, -0.25) is 4.90 Å². The van der Waals surface area contributed by atoms with Crippen LogP contribution in [0.25, 0.3) is 0 Å². The largest absolute Gasteiger partial charge is 0.573 e. The Hall–Kier alpha value is -3.35. The van der Waals surface area contributed by atoms with Crippen LogP contribution in [-0.2, 0) is 6.54 Å². The Bertz CT molecular complexity index is 1250. The summed E-state index contributed by atoms with van der Waals surface area (Å²) in [5, 5.41) is 10.0. The van der Waals surface area contributed by atoms with Crippen LogP contribution < -0.4 is 9.64 Å². The Kier molecular flexibility index (Phi) is 12.0. The van der Waals surface area contributed by atoms with Crippen molar-refractivity contribution >= 4 is 17.3 Å². The molecule has 1 unspecified atom stereocenters. The summed E-state index contributed by atoms with van der Waals surface area (Å²) in [6.45, 7) is 9.80. The fourth-order valence-corrected chi connectivity index (χ4v) is 4.36. The number of anilines is 1. The number of rotatable bonds is 5. The maximum absolute atomic E-state index is 13.7. The van der Waals surface area contributed by atoms with E-state index in [1.54, 1.807) is 30.3 Å². The van der Waals surface area contributed by atoms with E-state index in [2.05, 4.69) is 10.8 Å². The maximum atomic E-state index is 13.7. The van der Waals surface area contributed by atoms with Gasteiger partial charge in [0.05, 0.1) is 17.3 Å². The Morgan fingerprint density at radius 3 is 2.18 bits per heavy atom. The van der Waals surface area contributed by atoms with Crippen LogP contribution in [-0.4, -0.2) is 30.9 Å². The molecule has 4 rings (SSSR count). The number of hydrogen-bond acceptors (Lipinski definition) is 4. The normalized spacial score (nSPS) is 15.3. The van der Waals surface area contributed by atoms with Crippen LogP contribution >= 0.6 is 11.6 Å². The van der Waals surface area contributed by atoms with E-state index < -0.39 is 18.0 Å². The molecule has 0 N–H and O–H groups in total. The van der Waals surface area contributed by atoms with Crippen LogP contribution in [0.2, 0.25) is 5.02 Å². The highest BCUT2D eigenvalue weighted by Crippen LogP contribution is 2.35. The number of halogens is 6. The summed E-state index contributed by atoms with van der Waals surface area (Å²) in [4.78, 5) is 4.03. The molecular formula is C29H31ClF5N3O. The quantitative estimate of drug-likeness (QED) is 0.290. The highest BCUT2D eigenvalue weighted by Gasteiger charge is 2.32. The molecule has 0 spiro atoms. The predicted molar refractivity (Wildman–Crippen MR) is 144 cm³/mol. The number of hydrogen-bond donors (Lipinski definition) is 0. The molecule has 0 aliphatic carbocycles. The van der Waals surface area contributed by atoms with Crippen molar-refractivity contribution in [3.8, 4) is 11.8 Å². The summed E-state index contributed by atoms with van der Waals surface area (Å²) >= 11 is 6.05. The molecule has 1 heterocycles. The maximum Gasteiger partial charge on any atom is 0.573 e. The van der Waals surface area contributed by atoms with Crippen LogP contribution in [0.5, 0.6) is 5.75 Å². The minimum Gasteiger partial charge on any atom is -0.406 e. The Balaban J connectivity index is 0.00000127. The molecular weight excluding hydrogens is 537 g/mol. The van der Waals surface area contributed by atoms with E-state index in [0.717, 1.165) is 12.1 Å². The van der Waals surface area contributed by atoms with Crippen molar-refractivity contribution in [3.05, 3.63) is 94.0 Å². The second-order valence-corrected chi connectivity index (χ2v) is 8.52. The molecule has 10 heteroatoms. The van der Waals surface area contributed by atoms with Crippen molar-refractivity contribution in [1.82, 2.24) is 4.90 Å². The van der Waals surface area contributed by atoms with Gasteiger partial charge in [-0.05, 0) is 53.6 Å². The number of piperazine rings is 1. The van der Waals surface area contributed by atoms with E-state index in [0.29, 0.717) is 53.6 Å². The van der Waals surface area contributed by atoms with E-state index in [1.807, 2.05) is 37.5 Å². The van der Waals surface area contributed by atoms with Gasteiger partial charge < -0.3 is 9.64 Å². The number of alkyl halides is 3. The molecule has 0 bridgehead atoms. The van der Waals surface area contributed by atoms with Gasteiger partial charge in [0.2, 0.25) is 0 Å². The molecule has 0 amide bonds. The summed E-state index contributed by atoms with van der Waals surface area (Å²) in [5.41, 5.74) is 2.31. The zero-order chi connectivity index (χ0) is 29.2. The zero-order valence-electron chi connectivity index (χ0n) is 22.2. The van der Waals surface area contributed by atoms with Crippen molar-refractivity contribution < 1.29 is 26.7 Å². The molecule has 3 aromatic carbocycles. The summed E-state index contributed by atoms with van der Waals surface area (Å²) in [5.74, 6) is -2.20. The van der Waals surface area contributed by atoms with Crippen molar-refractivity contribution in [2.75, 3.05) is 24.5 Å². The molecule has 210 valence electrons.